The molecular formula is C10H13ClN2. The van der Waals surface area contributed by atoms with E-state index >= 15 is 0 Å². The van der Waals surface area contributed by atoms with Crippen molar-refractivity contribution >= 4 is 17.3 Å². The Morgan fingerprint density at radius 3 is 3.08 bits per heavy atom. The molecule has 0 fully saturated rings. The van der Waals surface area contributed by atoms with E-state index < -0.39 is 0 Å². The van der Waals surface area contributed by atoms with Gasteiger partial charge in [-0.05, 0) is 24.1 Å². The first-order chi connectivity index (χ1) is 6.33. The molecule has 3 heteroatoms. The molecule has 2 N–H and O–H groups in total. The van der Waals surface area contributed by atoms with E-state index in [2.05, 4.69) is 11.0 Å². The average Bonchev–Trinajstić information content (AvgIpc) is 2.51. The molecule has 1 aromatic carbocycles. The average molecular weight is 197 g/mol. The summed E-state index contributed by atoms with van der Waals surface area (Å²) < 4.78 is 0. The summed E-state index contributed by atoms with van der Waals surface area (Å²) in [6, 6.07) is 6.06. The highest BCUT2D eigenvalue weighted by Crippen LogP contribution is 2.32. The van der Waals surface area contributed by atoms with E-state index in [0.29, 0.717) is 6.54 Å². The minimum atomic E-state index is 0.700. The van der Waals surface area contributed by atoms with Crippen LogP contribution in [0.3, 0.4) is 0 Å². The third-order valence-corrected chi connectivity index (χ3v) is 2.82. The molecule has 1 aliphatic rings. The Bertz CT molecular complexity index is 312. The zero-order valence-electron chi connectivity index (χ0n) is 7.46. The van der Waals surface area contributed by atoms with E-state index in [1.54, 1.807) is 0 Å². The van der Waals surface area contributed by atoms with Gasteiger partial charge in [0.15, 0.2) is 0 Å². The number of halogens is 1. The predicted octanol–water partition coefficient (Wildman–Crippen LogP) is 1.66. The smallest absolute Gasteiger partial charge is 0.0459 e. The van der Waals surface area contributed by atoms with Crippen molar-refractivity contribution in [2.45, 2.75) is 6.42 Å². The van der Waals surface area contributed by atoms with E-state index in [9.17, 15) is 0 Å². The fourth-order valence-corrected chi connectivity index (χ4v) is 2.11. The Labute approximate surface area is 83.3 Å². The number of nitrogens with zero attached hydrogens (tertiary/aromatic N) is 1. The summed E-state index contributed by atoms with van der Waals surface area (Å²) in [5.41, 5.74) is 8.07. The molecule has 0 saturated carbocycles. The second-order valence-corrected chi connectivity index (χ2v) is 3.67. The largest absolute Gasteiger partial charge is 0.370 e. The number of anilines is 1. The molecule has 0 amide bonds. The fraction of sp³-hybridized carbons (Fsp3) is 0.400. The normalized spacial score (nSPS) is 14.8. The van der Waals surface area contributed by atoms with Gasteiger partial charge in [0.1, 0.15) is 0 Å². The van der Waals surface area contributed by atoms with E-state index in [1.807, 2.05) is 12.1 Å². The predicted molar refractivity (Wildman–Crippen MR) is 56.4 cm³/mol. The Hall–Kier alpha value is -0.730. The molecule has 0 radical (unpaired) electrons. The van der Waals surface area contributed by atoms with Crippen LogP contribution in [-0.4, -0.2) is 19.6 Å². The van der Waals surface area contributed by atoms with Crippen LogP contribution in [0.2, 0.25) is 5.02 Å². The van der Waals surface area contributed by atoms with Crippen molar-refractivity contribution in [1.82, 2.24) is 0 Å². The molecule has 0 atom stereocenters. The van der Waals surface area contributed by atoms with E-state index in [4.69, 9.17) is 17.3 Å². The molecule has 2 rings (SSSR count). The van der Waals surface area contributed by atoms with Crippen molar-refractivity contribution in [3.05, 3.63) is 28.8 Å². The van der Waals surface area contributed by atoms with Crippen molar-refractivity contribution in [3.63, 3.8) is 0 Å². The van der Waals surface area contributed by atoms with Crippen LogP contribution in [0.5, 0.6) is 0 Å². The standard InChI is InChI=1S/C10H13ClN2/c11-9-2-1-3-10-8(9)4-6-13(10)7-5-12/h1-3H,4-7,12H2. The number of nitrogens with two attached hydrogens (primary N) is 1. The summed E-state index contributed by atoms with van der Waals surface area (Å²) in [6.45, 7) is 2.68. The van der Waals surface area contributed by atoms with Gasteiger partial charge in [0.2, 0.25) is 0 Å². The number of benzene rings is 1. The first-order valence-corrected chi connectivity index (χ1v) is 4.93. The molecule has 1 aliphatic heterocycles. The molecule has 13 heavy (non-hydrogen) atoms. The molecule has 1 heterocycles. The first-order valence-electron chi connectivity index (χ1n) is 4.55. The SMILES string of the molecule is NCCN1CCc2c(Cl)cccc21. The highest BCUT2D eigenvalue weighted by Gasteiger charge is 2.19. The van der Waals surface area contributed by atoms with Gasteiger partial charge in [0, 0.05) is 30.3 Å². The van der Waals surface area contributed by atoms with Gasteiger partial charge in [-0.15, -0.1) is 0 Å². The third kappa shape index (κ3) is 1.52. The lowest BCUT2D eigenvalue weighted by Crippen LogP contribution is -2.27. The molecule has 0 aromatic heterocycles. The maximum Gasteiger partial charge on any atom is 0.0459 e. The van der Waals surface area contributed by atoms with Crippen LogP contribution < -0.4 is 10.6 Å². The molecule has 0 bridgehead atoms. The molecule has 70 valence electrons. The molecule has 0 unspecified atom stereocenters. The minimum Gasteiger partial charge on any atom is -0.370 e. The van der Waals surface area contributed by atoms with Crippen LogP contribution >= 0.6 is 11.6 Å². The second kappa shape index (κ2) is 3.56. The van der Waals surface area contributed by atoms with E-state index in [-0.39, 0.29) is 0 Å². The molecular weight excluding hydrogens is 184 g/mol. The molecule has 1 aromatic rings. The van der Waals surface area contributed by atoms with Crippen molar-refractivity contribution in [2.24, 2.45) is 5.73 Å². The highest BCUT2D eigenvalue weighted by molar-refractivity contribution is 6.31. The number of fused-ring (bicyclic) bond motifs is 1. The lowest BCUT2D eigenvalue weighted by molar-refractivity contribution is 0.821. The Morgan fingerprint density at radius 1 is 1.46 bits per heavy atom. The zero-order chi connectivity index (χ0) is 9.26. The Balaban J connectivity index is 2.32. The first kappa shape index (κ1) is 8.85. The van der Waals surface area contributed by atoms with Gasteiger partial charge < -0.3 is 10.6 Å². The number of hydrogen-bond acceptors (Lipinski definition) is 2. The fourth-order valence-electron chi connectivity index (χ4n) is 1.85. The van der Waals surface area contributed by atoms with Crippen LogP contribution in [0.25, 0.3) is 0 Å². The maximum atomic E-state index is 6.08. The summed E-state index contributed by atoms with van der Waals surface area (Å²) in [5.74, 6) is 0. The monoisotopic (exact) mass is 196 g/mol. The van der Waals surface area contributed by atoms with Crippen LogP contribution in [0, 0.1) is 0 Å². The topological polar surface area (TPSA) is 29.3 Å². The van der Waals surface area contributed by atoms with Crippen LogP contribution in [0.4, 0.5) is 5.69 Å². The van der Waals surface area contributed by atoms with Gasteiger partial charge in [-0.25, -0.2) is 0 Å². The lowest BCUT2D eigenvalue weighted by atomic mass is 10.2. The summed E-state index contributed by atoms with van der Waals surface area (Å²) in [5, 5.41) is 0.886. The third-order valence-electron chi connectivity index (χ3n) is 2.47. The Kier molecular flexibility index (Phi) is 2.42. The second-order valence-electron chi connectivity index (χ2n) is 3.26. The van der Waals surface area contributed by atoms with Gasteiger partial charge in [0.05, 0.1) is 0 Å². The quantitative estimate of drug-likeness (QED) is 0.780. The van der Waals surface area contributed by atoms with E-state index in [0.717, 1.165) is 24.5 Å². The maximum absolute atomic E-state index is 6.08. The Morgan fingerprint density at radius 2 is 2.31 bits per heavy atom. The van der Waals surface area contributed by atoms with Crippen molar-refractivity contribution < 1.29 is 0 Å². The molecule has 0 saturated heterocycles. The van der Waals surface area contributed by atoms with Crippen LogP contribution in [0.1, 0.15) is 5.56 Å². The van der Waals surface area contributed by atoms with Crippen LogP contribution in [0.15, 0.2) is 18.2 Å². The van der Waals surface area contributed by atoms with Crippen molar-refractivity contribution in [3.8, 4) is 0 Å². The van der Waals surface area contributed by atoms with Gasteiger partial charge >= 0.3 is 0 Å². The van der Waals surface area contributed by atoms with Gasteiger partial charge in [-0.1, -0.05) is 17.7 Å². The van der Waals surface area contributed by atoms with Crippen molar-refractivity contribution in [2.75, 3.05) is 24.5 Å². The van der Waals surface area contributed by atoms with Gasteiger partial charge in [-0.2, -0.15) is 0 Å². The number of hydrogen-bond donors (Lipinski definition) is 1. The zero-order valence-corrected chi connectivity index (χ0v) is 8.22. The lowest BCUT2D eigenvalue weighted by Gasteiger charge is -2.17. The van der Waals surface area contributed by atoms with Crippen molar-refractivity contribution in [1.29, 1.82) is 0 Å². The van der Waals surface area contributed by atoms with Gasteiger partial charge in [0.25, 0.3) is 0 Å². The summed E-state index contributed by atoms with van der Waals surface area (Å²) >= 11 is 6.08. The summed E-state index contributed by atoms with van der Waals surface area (Å²) in [7, 11) is 0. The van der Waals surface area contributed by atoms with E-state index in [1.165, 1.54) is 11.3 Å². The molecule has 0 spiro atoms. The summed E-state index contributed by atoms with van der Waals surface area (Å²) in [6.07, 6.45) is 1.05. The molecule has 0 aliphatic carbocycles. The minimum absolute atomic E-state index is 0.700. The highest BCUT2D eigenvalue weighted by atomic mass is 35.5. The summed E-state index contributed by atoms with van der Waals surface area (Å²) in [4.78, 5) is 2.29. The van der Waals surface area contributed by atoms with Gasteiger partial charge in [-0.3, -0.25) is 0 Å². The van der Waals surface area contributed by atoms with Crippen LogP contribution in [-0.2, 0) is 6.42 Å². The number of rotatable bonds is 2. The molecule has 2 nitrogen and oxygen atoms in total.